The van der Waals surface area contributed by atoms with Crippen molar-refractivity contribution in [2.75, 3.05) is 11.9 Å². The summed E-state index contributed by atoms with van der Waals surface area (Å²) in [5.74, 6) is 0. The summed E-state index contributed by atoms with van der Waals surface area (Å²) < 4.78 is 38.8. The number of hydrogen-bond acceptors (Lipinski definition) is 3. The summed E-state index contributed by atoms with van der Waals surface area (Å²) >= 11 is 0. The number of halogens is 3. The van der Waals surface area contributed by atoms with Gasteiger partial charge < -0.3 is 10.4 Å². The maximum Gasteiger partial charge on any atom is 0.416 e. The van der Waals surface area contributed by atoms with Crippen LogP contribution < -0.4 is 5.32 Å². The molecule has 1 heterocycles. The Bertz CT molecular complexity index is 549. The van der Waals surface area contributed by atoms with E-state index < -0.39 is 11.7 Å². The molecule has 20 heavy (non-hydrogen) atoms. The minimum absolute atomic E-state index is 0.00739. The van der Waals surface area contributed by atoms with Crippen LogP contribution in [0, 0.1) is 0 Å². The number of benzene rings is 1. The Morgan fingerprint density at radius 3 is 2.50 bits per heavy atom. The van der Waals surface area contributed by atoms with Gasteiger partial charge in [0.1, 0.15) is 0 Å². The number of aliphatic hydroxyl groups is 1. The Balaban J connectivity index is 1.93. The van der Waals surface area contributed by atoms with Gasteiger partial charge in [0, 0.05) is 24.0 Å². The zero-order chi connectivity index (χ0) is 14.6. The van der Waals surface area contributed by atoms with Gasteiger partial charge >= 0.3 is 6.18 Å². The summed E-state index contributed by atoms with van der Waals surface area (Å²) in [5.41, 5.74) is 0.824. The normalized spacial score (nSPS) is 11.6. The number of aromatic nitrogens is 2. The van der Waals surface area contributed by atoms with E-state index in [9.17, 15) is 13.2 Å². The molecular weight excluding hydrogens is 271 g/mol. The lowest BCUT2D eigenvalue weighted by atomic mass is 10.2. The molecule has 0 aliphatic carbocycles. The number of nitrogens with one attached hydrogen (secondary N) is 1. The minimum Gasteiger partial charge on any atom is -0.394 e. The molecule has 2 aromatic rings. The lowest BCUT2D eigenvalue weighted by Gasteiger charge is -2.08. The van der Waals surface area contributed by atoms with Crippen molar-refractivity contribution in [1.29, 1.82) is 0 Å². The van der Waals surface area contributed by atoms with E-state index in [2.05, 4.69) is 10.4 Å². The maximum atomic E-state index is 12.4. The van der Waals surface area contributed by atoms with E-state index in [0.29, 0.717) is 18.8 Å². The predicted molar refractivity (Wildman–Crippen MR) is 68.1 cm³/mol. The number of hydrogen-bond donors (Lipinski definition) is 2. The van der Waals surface area contributed by atoms with Gasteiger partial charge in [-0.1, -0.05) is 0 Å². The Morgan fingerprint density at radius 2 is 1.90 bits per heavy atom. The molecule has 0 saturated carbocycles. The van der Waals surface area contributed by atoms with Crippen molar-refractivity contribution >= 4 is 5.69 Å². The highest BCUT2D eigenvalue weighted by atomic mass is 19.4. The molecule has 0 saturated heterocycles. The fraction of sp³-hybridized carbons (Fsp3) is 0.308. The van der Waals surface area contributed by atoms with Gasteiger partial charge in [-0.2, -0.15) is 18.3 Å². The third-order valence-corrected chi connectivity index (χ3v) is 2.72. The quantitative estimate of drug-likeness (QED) is 0.887. The number of aliphatic hydroxyl groups excluding tert-OH is 1. The third kappa shape index (κ3) is 3.74. The molecule has 7 heteroatoms. The molecule has 108 valence electrons. The van der Waals surface area contributed by atoms with Crippen LogP contribution in [-0.2, 0) is 19.3 Å². The molecule has 0 atom stereocenters. The summed E-state index contributed by atoms with van der Waals surface area (Å²) in [6.45, 7) is 0.879. The van der Waals surface area contributed by atoms with Gasteiger partial charge in [0.25, 0.3) is 0 Å². The molecule has 4 nitrogen and oxygen atoms in total. The first-order chi connectivity index (χ1) is 9.49. The first kappa shape index (κ1) is 14.4. The number of rotatable bonds is 5. The van der Waals surface area contributed by atoms with Gasteiger partial charge in [0.2, 0.25) is 0 Å². The van der Waals surface area contributed by atoms with Crippen molar-refractivity contribution in [3.63, 3.8) is 0 Å². The second-order valence-corrected chi connectivity index (χ2v) is 4.26. The van der Waals surface area contributed by atoms with Crippen LogP contribution in [0.1, 0.15) is 11.1 Å². The Hall–Kier alpha value is -2.02. The van der Waals surface area contributed by atoms with Crippen LogP contribution in [0.3, 0.4) is 0 Å². The fourth-order valence-electron chi connectivity index (χ4n) is 1.70. The van der Waals surface area contributed by atoms with Gasteiger partial charge in [0.05, 0.1) is 24.9 Å². The van der Waals surface area contributed by atoms with E-state index in [4.69, 9.17) is 5.11 Å². The zero-order valence-corrected chi connectivity index (χ0v) is 10.6. The van der Waals surface area contributed by atoms with Gasteiger partial charge in [-0.25, -0.2) is 0 Å². The van der Waals surface area contributed by atoms with E-state index in [1.54, 1.807) is 17.1 Å². The monoisotopic (exact) mass is 285 g/mol. The average molecular weight is 285 g/mol. The largest absolute Gasteiger partial charge is 0.416 e. The summed E-state index contributed by atoms with van der Waals surface area (Å²) in [6.07, 6.45) is -0.899. The molecule has 0 aliphatic rings. The molecule has 1 aromatic heterocycles. The molecule has 0 fully saturated rings. The van der Waals surface area contributed by atoms with Crippen LogP contribution in [0.25, 0.3) is 0 Å². The van der Waals surface area contributed by atoms with Crippen LogP contribution in [0.15, 0.2) is 36.7 Å². The SMILES string of the molecule is OCCn1cc(CNc2ccc(C(F)(F)F)cc2)cn1. The van der Waals surface area contributed by atoms with Gasteiger partial charge in [-0.15, -0.1) is 0 Å². The van der Waals surface area contributed by atoms with Crippen molar-refractivity contribution in [3.8, 4) is 0 Å². The average Bonchev–Trinajstić information content (AvgIpc) is 2.84. The lowest BCUT2D eigenvalue weighted by molar-refractivity contribution is -0.137. The highest BCUT2D eigenvalue weighted by Crippen LogP contribution is 2.29. The highest BCUT2D eigenvalue weighted by Gasteiger charge is 2.29. The van der Waals surface area contributed by atoms with Crippen LogP contribution in [0.5, 0.6) is 0 Å². The van der Waals surface area contributed by atoms with E-state index in [1.807, 2.05) is 0 Å². The predicted octanol–water partition coefficient (Wildman–Crippen LogP) is 2.51. The lowest BCUT2D eigenvalue weighted by Crippen LogP contribution is -2.05. The van der Waals surface area contributed by atoms with Crippen molar-refractivity contribution in [2.24, 2.45) is 0 Å². The summed E-state index contributed by atoms with van der Waals surface area (Å²) in [5, 5.41) is 15.8. The second-order valence-electron chi connectivity index (χ2n) is 4.26. The zero-order valence-electron chi connectivity index (χ0n) is 10.6. The second kappa shape index (κ2) is 5.96. The Morgan fingerprint density at radius 1 is 1.20 bits per heavy atom. The van der Waals surface area contributed by atoms with E-state index in [0.717, 1.165) is 17.7 Å². The molecule has 0 spiro atoms. The molecule has 0 aliphatic heterocycles. The highest BCUT2D eigenvalue weighted by molar-refractivity contribution is 5.45. The third-order valence-electron chi connectivity index (χ3n) is 2.72. The van der Waals surface area contributed by atoms with E-state index in [1.165, 1.54) is 12.1 Å². The van der Waals surface area contributed by atoms with Crippen LogP contribution in [0.4, 0.5) is 18.9 Å². The van der Waals surface area contributed by atoms with Crippen molar-refractivity contribution < 1.29 is 18.3 Å². The standard InChI is InChI=1S/C13H14F3N3O/c14-13(15,16)11-1-3-12(4-2-11)17-7-10-8-18-19(9-10)5-6-20/h1-4,8-9,17,20H,5-7H2. The Labute approximate surface area is 113 Å². The fourth-order valence-corrected chi connectivity index (χ4v) is 1.70. The molecular formula is C13H14F3N3O. The first-order valence-electron chi connectivity index (χ1n) is 6.02. The smallest absolute Gasteiger partial charge is 0.394 e. The van der Waals surface area contributed by atoms with Gasteiger partial charge in [-0.05, 0) is 24.3 Å². The summed E-state index contributed by atoms with van der Waals surface area (Å²) in [6, 6.07) is 4.86. The molecule has 0 bridgehead atoms. The van der Waals surface area contributed by atoms with Crippen LogP contribution in [-0.4, -0.2) is 21.5 Å². The molecule has 0 radical (unpaired) electrons. The van der Waals surface area contributed by atoms with Crippen molar-refractivity contribution in [2.45, 2.75) is 19.3 Å². The van der Waals surface area contributed by atoms with Crippen molar-refractivity contribution in [3.05, 3.63) is 47.8 Å². The van der Waals surface area contributed by atoms with Crippen LogP contribution in [0.2, 0.25) is 0 Å². The van der Waals surface area contributed by atoms with E-state index >= 15 is 0 Å². The molecule has 0 unspecified atom stereocenters. The summed E-state index contributed by atoms with van der Waals surface area (Å²) in [4.78, 5) is 0. The topological polar surface area (TPSA) is 50.1 Å². The van der Waals surface area contributed by atoms with Gasteiger partial charge in [0.15, 0.2) is 0 Å². The molecule has 2 N–H and O–H groups in total. The molecule has 2 rings (SSSR count). The number of nitrogens with zero attached hydrogens (tertiary/aromatic N) is 2. The number of anilines is 1. The summed E-state index contributed by atoms with van der Waals surface area (Å²) in [7, 11) is 0. The number of alkyl halides is 3. The van der Waals surface area contributed by atoms with Gasteiger partial charge in [-0.3, -0.25) is 4.68 Å². The van der Waals surface area contributed by atoms with Crippen LogP contribution >= 0.6 is 0 Å². The van der Waals surface area contributed by atoms with E-state index in [-0.39, 0.29) is 6.61 Å². The molecule has 1 aromatic carbocycles. The van der Waals surface area contributed by atoms with Crippen molar-refractivity contribution in [1.82, 2.24) is 9.78 Å². The maximum absolute atomic E-state index is 12.4. The first-order valence-corrected chi connectivity index (χ1v) is 6.02. The minimum atomic E-state index is -4.32. The molecule has 0 amide bonds. The Kier molecular flexibility index (Phi) is 4.29.